The van der Waals surface area contributed by atoms with Crippen LogP contribution in [0.25, 0.3) is 0 Å². The number of nitrogens with zero attached hydrogens (tertiary/aromatic N) is 2. The zero-order chi connectivity index (χ0) is 18.8. The summed E-state index contributed by atoms with van der Waals surface area (Å²) in [4.78, 5) is 21.5. The van der Waals surface area contributed by atoms with Crippen LogP contribution in [0, 0.1) is 10.1 Å². The van der Waals surface area contributed by atoms with Gasteiger partial charge >= 0.3 is 6.18 Å². The second-order valence-electron chi connectivity index (χ2n) is 4.99. The van der Waals surface area contributed by atoms with Crippen molar-refractivity contribution >= 4 is 33.4 Å². The molecule has 1 heterocycles. The molecular weight excluding hydrogens is 387 g/mol. The van der Waals surface area contributed by atoms with Crippen molar-refractivity contribution in [2.75, 3.05) is 18.2 Å². The molecule has 0 spiro atoms. The Kier molecular flexibility index (Phi) is 5.58. The van der Waals surface area contributed by atoms with Crippen LogP contribution in [0.1, 0.15) is 0 Å². The summed E-state index contributed by atoms with van der Waals surface area (Å²) in [5.74, 6) is -1.15. The highest BCUT2D eigenvalue weighted by Gasteiger charge is 2.41. The molecule has 1 aromatic rings. The van der Waals surface area contributed by atoms with Gasteiger partial charge in [0.05, 0.1) is 15.7 Å². The van der Waals surface area contributed by atoms with Gasteiger partial charge in [-0.1, -0.05) is 0 Å². The van der Waals surface area contributed by atoms with E-state index in [1.165, 1.54) is 0 Å². The van der Waals surface area contributed by atoms with Gasteiger partial charge in [-0.2, -0.15) is 17.5 Å². The number of non-ortho nitro benzene ring substituents is 1. The van der Waals surface area contributed by atoms with Crippen LogP contribution < -0.4 is 5.32 Å². The molecule has 1 aliphatic rings. The topological polar surface area (TPSA) is 110 Å². The van der Waals surface area contributed by atoms with E-state index in [2.05, 4.69) is 0 Å². The highest BCUT2D eigenvalue weighted by molar-refractivity contribution is 8.00. The van der Waals surface area contributed by atoms with Crippen molar-refractivity contribution in [3.8, 4) is 0 Å². The van der Waals surface area contributed by atoms with Crippen LogP contribution in [-0.2, 0) is 14.8 Å². The van der Waals surface area contributed by atoms with Gasteiger partial charge in [-0.15, -0.1) is 11.8 Å². The number of nitro groups is 1. The van der Waals surface area contributed by atoms with Crippen molar-refractivity contribution in [1.29, 1.82) is 0 Å². The Balaban J connectivity index is 2.19. The van der Waals surface area contributed by atoms with Crippen LogP contribution in [0.2, 0.25) is 0 Å². The average molecular weight is 399 g/mol. The zero-order valence-electron chi connectivity index (χ0n) is 12.4. The summed E-state index contributed by atoms with van der Waals surface area (Å²) >= 11 is 1.08. The largest absolute Gasteiger partial charge is 0.405 e. The van der Waals surface area contributed by atoms with E-state index in [0.29, 0.717) is 0 Å². The lowest BCUT2D eigenvalue weighted by molar-refractivity contribution is -0.384. The molecule has 1 unspecified atom stereocenters. The van der Waals surface area contributed by atoms with E-state index in [9.17, 15) is 36.5 Å². The SMILES string of the molecule is O=C(NCC(F)(F)F)C1CSCN1S(=O)(=O)c1ccc([N+](=O)[O-])cc1. The molecule has 0 saturated carbocycles. The van der Waals surface area contributed by atoms with Crippen molar-refractivity contribution in [3.63, 3.8) is 0 Å². The highest BCUT2D eigenvalue weighted by atomic mass is 32.2. The molecule has 1 saturated heterocycles. The first-order valence-corrected chi connectivity index (χ1v) is 9.30. The molecule has 1 aliphatic heterocycles. The molecule has 0 aromatic heterocycles. The Bertz CT molecular complexity index is 767. The summed E-state index contributed by atoms with van der Waals surface area (Å²) < 4.78 is 62.5. The van der Waals surface area contributed by atoms with E-state index in [4.69, 9.17) is 0 Å². The van der Waals surface area contributed by atoms with Crippen LogP contribution in [0.15, 0.2) is 29.2 Å². The molecule has 0 bridgehead atoms. The van der Waals surface area contributed by atoms with Crippen molar-refractivity contribution < 1.29 is 31.3 Å². The molecule has 1 aromatic carbocycles. The zero-order valence-corrected chi connectivity index (χ0v) is 14.0. The second-order valence-corrected chi connectivity index (χ2v) is 7.88. The van der Waals surface area contributed by atoms with Crippen molar-refractivity contribution in [2.45, 2.75) is 17.1 Å². The Morgan fingerprint density at radius 2 is 1.96 bits per heavy atom. The fourth-order valence-electron chi connectivity index (χ4n) is 2.05. The van der Waals surface area contributed by atoms with E-state index in [1.54, 1.807) is 5.32 Å². The molecule has 25 heavy (non-hydrogen) atoms. The summed E-state index contributed by atoms with van der Waals surface area (Å²) in [6.07, 6.45) is -4.61. The number of nitrogens with one attached hydrogen (secondary N) is 1. The van der Waals surface area contributed by atoms with Gasteiger partial charge in [-0.05, 0) is 12.1 Å². The van der Waals surface area contributed by atoms with Gasteiger partial charge < -0.3 is 5.32 Å². The summed E-state index contributed by atoms with van der Waals surface area (Å²) in [7, 11) is -4.18. The Morgan fingerprint density at radius 1 is 1.36 bits per heavy atom. The van der Waals surface area contributed by atoms with Crippen molar-refractivity contribution in [1.82, 2.24) is 9.62 Å². The Labute approximate surface area is 144 Å². The second kappa shape index (κ2) is 7.17. The fraction of sp³-hybridized carbons (Fsp3) is 0.417. The maximum absolute atomic E-state index is 12.6. The number of carbonyl (C=O) groups excluding carboxylic acids is 1. The van der Waals surface area contributed by atoms with Crippen LogP contribution >= 0.6 is 11.8 Å². The third-order valence-corrected chi connectivity index (χ3v) is 6.31. The molecule has 1 N–H and O–H groups in total. The lowest BCUT2D eigenvalue weighted by Gasteiger charge is -2.22. The van der Waals surface area contributed by atoms with Gasteiger partial charge in [0.2, 0.25) is 15.9 Å². The lowest BCUT2D eigenvalue weighted by atomic mass is 10.3. The third kappa shape index (κ3) is 4.61. The first kappa shape index (κ1) is 19.5. The third-order valence-electron chi connectivity index (χ3n) is 3.26. The first-order valence-electron chi connectivity index (χ1n) is 6.71. The molecular formula is C12H12F3N3O5S2. The van der Waals surface area contributed by atoms with Gasteiger partial charge in [-0.25, -0.2) is 8.42 Å². The van der Waals surface area contributed by atoms with E-state index in [0.717, 1.165) is 40.3 Å². The molecule has 1 amide bonds. The number of alkyl halides is 3. The molecule has 0 aliphatic carbocycles. The number of amides is 1. The molecule has 8 nitrogen and oxygen atoms in total. The minimum Gasteiger partial charge on any atom is -0.346 e. The summed E-state index contributed by atoms with van der Waals surface area (Å²) in [6.45, 7) is -1.56. The van der Waals surface area contributed by atoms with E-state index < -0.39 is 39.6 Å². The predicted molar refractivity (Wildman–Crippen MR) is 82.3 cm³/mol. The van der Waals surface area contributed by atoms with Crippen LogP contribution in [-0.4, -0.2) is 53.9 Å². The molecule has 138 valence electrons. The maximum Gasteiger partial charge on any atom is 0.405 e. The first-order chi connectivity index (χ1) is 11.5. The number of hydrogen-bond acceptors (Lipinski definition) is 6. The number of nitro benzene ring substituents is 1. The van der Waals surface area contributed by atoms with Gasteiger partial charge in [0.25, 0.3) is 5.69 Å². The number of carbonyl (C=O) groups is 1. The van der Waals surface area contributed by atoms with Gasteiger partial charge in [0.1, 0.15) is 12.6 Å². The summed E-state index contributed by atoms with van der Waals surface area (Å²) in [5.41, 5.74) is -0.311. The van der Waals surface area contributed by atoms with E-state index in [1.807, 2.05) is 0 Å². The standard InChI is InChI=1S/C12H12F3N3O5S2/c13-12(14,15)6-16-11(19)10-5-24-7-17(10)25(22,23)9-3-1-8(2-4-9)18(20)21/h1-4,10H,5-7H2,(H,16,19). The monoisotopic (exact) mass is 399 g/mol. The highest BCUT2D eigenvalue weighted by Crippen LogP contribution is 2.29. The predicted octanol–water partition coefficient (Wildman–Crippen LogP) is 1.34. The lowest BCUT2D eigenvalue weighted by Crippen LogP contribution is -2.49. The minimum atomic E-state index is -4.61. The van der Waals surface area contributed by atoms with Gasteiger partial charge in [0, 0.05) is 17.9 Å². The quantitative estimate of drug-likeness (QED) is 0.591. The number of sulfonamides is 1. The molecule has 0 radical (unpaired) electrons. The fourth-order valence-corrected chi connectivity index (χ4v) is 5.20. The van der Waals surface area contributed by atoms with Gasteiger partial charge in [-0.3, -0.25) is 14.9 Å². The maximum atomic E-state index is 12.6. The average Bonchev–Trinajstić information content (AvgIpc) is 3.02. The van der Waals surface area contributed by atoms with Gasteiger partial charge in [0.15, 0.2) is 0 Å². The Hall–Kier alpha value is -1.86. The molecule has 1 atom stereocenters. The molecule has 13 heteroatoms. The number of halogens is 3. The number of hydrogen-bond donors (Lipinski definition) is 1. The smallest absolute Gasteiger partial charge is 0.346 e. The van der Waals surface area contributed by atoms with Crippen molar-refractivity contribution in [2.24, 2.45) is 0 Å². The van der Waals surface area contributed by atoms with Crippen LogP contribution in [0.5, 0.6) is 0 Å². The minimum absolute atomic E-state index is 0.00982. The summed E-state index contributed by atoms with van der Waals surface area (Å²) in [5, 5.41) is 12.3. The van der Waals surface area contributed by atoms with E-state index in [-0.39, 0.29) is 22.2 Å². The molecule has 1 fully saturated rings. The van der Waals surface area contributed by atoms with E-state index >= 15 is 0 Å². The van der Waals surface area contributed by atoms with Crippen molar-refractivity contribution in [3.05, 3.63) is 34.4 Å². The van der Waals surface area contributed by atoms with Crippen LogP contribution in [0.4, 0.5) is 18.9 Å². The number of rotatable bonds is 5. The number of benzene rings is 1. The van der Waals surface area contributed by atoms with Crippen LogP contribution in [0.3, 0.4) is 0 Å². The Morgan fingerprint density at radius 3 is 2.48 bits per heavy atom. The molecule has 2 rings (SSSR count). The normalized spacial score (nSPS) is 18.9. The summed E-state index contributed by atoms with van der Waals surface area (Å²) in [6, 6.07) is 2.74. The number of thioether (sulfide) groups is 1.